The van der Waals surface area contributed by atoms with Gasteiger partial charge in [0.25, 0.3) is 0 Å². The van der Waals surface area contributed by atoms with Crippen LogP contribution in [0.15, 0.2) is 42.7 Å². The van der Waals surface area contributed by atoms with Crippen LogP contribution in [0, 0.1) is 5.92 Å². The summed E-state index contributed by atoms with van der Waals surface area (Å²) in [5.41, 5.74) is 2.05. The number of hydrogen-bond acceptors (Lipinski definition) is 3. The van der Waals surface area contributed by atoms with Crippen LogP contribution in [0.25, 0.3) is 5.69 Å². The maximum absolute atomic E-state index is 12.1. The Hall–Kier alpha value is -2.14. The zero-order chi connectivity index (χ0) is 15.2. The van der Waals surface area contributed by atoms with Gasteiger partial charge in [-0.15, -0.1) is 0 Å². The molecule has 1 saturated heterocycles. The van der Waals surface area contributed by atoms with Gasteiger partial charge in [-0.3, -0.25) is 4.79 Å². The summed E-state index contributed by atoms with van der Waals surface area (Å²) in [6.45, 7) is 2.05. The zero-order valence-electron chi connectivity index (χ0n) is 12.6. The van der Waals surface area contributed by atoms with E-state index >= 15 is 0 Å². The predicted octanol–water partition coefficient (Wildman–Crippen LogP) is 2.31. The predicted molar refractivity (Wildman–Crippen MR) is 83.6 cm³/mol. The average molecular weight is 299 g/mol. The molecule has 0 spiro atoms. The number of nitrogens with one attached hydrogen (secondary N) is 1. The van der Waals surface area contributed by atoms with Crippen LogP contribution in [-0.2, 0) is 16.1 Å². The highest BCUT2D eigenvalue weighted by molar-refractivity contribution is 5.76. The molecule has 1 fully saturated rings. The van der Waals surface area contributed by atoms with Gasteiger partial charge in [-0.25, -0.2) is 4.68 Å². The molecule has 1 amide bonds. The first-order chi connectivity index (χ1) is 10.8. The largest absolute Gasteiger partial charge is 0.381 e. The second kappa shape index (κ2) is 7.22. The average Bonchev–Trinajstić information content (AvgIpc) is 3.08. The van der Waals surface area contributed by atoms with Crippen molar-refractivity contribution >= 4 is 5.91 Å². The van der Waals surface area contributed by atoms with Gasteiger partial charge in [-0.2, -0.15) is 5.10 Å². The second-order valence-corrected chi connectivity index (χ2v) is 5.64. The number of carbonyl (C=O) groups excluding carboxylic acids is 1. The molecule has 0 bridgehead atoms. The number of nitrogens with zero attached hydrogens (tertiary/aromatic N) is 2. The molecule has 2 heterocycles. The lowest BCUT2D eigenvalue weighted by Gasteiger charge is -2.21. The van der Waals surface area contributed by atoms with E-state index in [4.69, 9.17) is 4.74 Å². The van der Waals surface area contributed by atoms with Gasteiger partial charge in [0.1, 0.15) is 0 Å². The van der Waals surface area contributed by atoms with Crippen LogP contribution in [0.5, 0.6) is 0 Å². The van der Waals surface area contributed by atoms with Crippen molar-refractivity contribution in [2.75, 3.05) is 13.2 Å². The molecule has 1 N–H and O–H groups in total. The maximum atomic E-state index is 12.1. The number of para-hydroxylation sites is 1. The van der Waals surface area contributed by atoms with Gasteiger partial charge in [0.15, 0.2) is 0 Å². The summed E-state index contributed by atoms with van der Waals surface area (Å²) in [4.78, 5) is 12.1. The normalized spacial score (nSPS) is 18.1. The summed E-state index contributed by atoms with van der Waals surface area (Å²) in [5.74, 6) is 0.445. The van der Waals surface area contributed by atoms with E-state index in [1.54, 1.807) is 6.20 Å². The molecule has 1 aromatic heterocycles. The highest BCUT2D eigenvalue weighted by atomic mass is 16.5. The van der Waals surface area contributed by atoms with Crippen LogP contribution in [0.1, 0.15) is 24.8 Å². The molecule has 1 unspecified atom stereocenters. The van der Waals surface area contributed by atoms with Crippen molar-refractivity contribution in [2.24, 2.45) is 5.92 Å². The lowest BCUT2D eigenvalue weighted by atomic mass is 9.98. The summed E-state index contributed by atoms with van der Waals surface area (Å²) >= 11 is 0. The van der Waals surface area contributed by atoms with Crippen molar-refractivity contribution in [1.29, 1.82) is 0 Å². The van der Waals surface area contributed by atoms with Gasteiger partial charge < -0.3 is 10.1 Å². The monoisotopic (exact) mass is 299 g/mol. The molecule has 1 aliphatic heterocycles. The first-order valence-electron chi connectivity index (χ1n) is 7.75. The second-order valence-electron chi connectivity index (χ2n) is 5.64. The molecule has 5 heteroatoms. The lowest BCUT2D eigenvalue weighted by Crippen LogP contribution is -2.28. The molecule has 0 aliphatic carbocycles. The molecule has 0 saturated carbocycles. The Kier molecular flexibility index (Phi) is 4.85. The quantitative estimate of drug-likeness (QED) is 0.921. The molecule has 3 rings (SSSR count). The maximum Gasteiger partial charge on any atom is 0.220 e. The topological polar surface area (TPSA) is 56.1 Å². The standard InChI is InChI=1S/C17H21N3O2/c21-17(11-14-5-3-10-22-13-14)18-12-15-6-1-2-7-16(15)20-9-4-8-19-20/h1-2,4,6-9,14H,3,5,10-13H2,(H,18,21). The number of benzene rings is 1. The van der Waals surface area contributed by atoms with Crippen LogP contribution < -0.4 is 5.32 Å². The van der Waals surface area contributed by atoms with Crippen molar-refractivity contribution in [2.45, 2.75) is 25.8 Å². The van der Waals surface area contributed by atoms with Crippen LogP contribution in [-0.4, -0.2) is 28.9 Å². The number of carbonyl (C=O) groups is 1. The highest BCUT2D eigenvalue weighted by Crippen LogP contribution is 2.17. The van der Waals surface area contributed by atoms with E-state index in [1.165, 1.54) is 0 Å². The summed E-state index contributed by atoms with van der Waals surface area (Å²) in [6.07, 6.45) is 6.33. The van der Waals surface area contributed by atoms with Gasteiger partial charge in [0.2, 0.25) is 5.91 Å². The summed E-state index contributed by atoms with van der Waals surface area (Å²) < 4.78 is 7.24. The number of rotatable bonds is 5. The molecular weight excluding hydrogens is 278 g/mol. The van der Waals surface area contributed by atoms with Crippen molar-refractivity contribution in [3.05, 3.63) is 48.3 Å². The number of aromatic nitrogens is 2. The van der Waals surface area contributed by atoms with Gasteiger partial charge in [0.05, 0.1) is 5.69 Å². The first kappa shape index (κ1) is 14.8. The van der Waals surface area contributed by atoms with Crippen LogP contribution in [0.4, 0.5) is 0 Å². The molecule has 1 aromatic carbocycles. The fourth-order valence-electron chi connectivity index (χ4n) is 2.79. The van der Waals surface area contributed by atoms with Crippen molar-refractivity contribution in [1.82, 2.24) is 15.1 Å². The molecule has 22 heavy (non-hydrogen) atoms. The van der Waals surface area contributed by atoms with Crippen molar-refractivity contribution < 1.29 is 9.53 Å². The Morgan fingerprint density at radius 1 is 1.36 bits per heavy atom. The molecule has 2 aromatic rings. The number of amides is 1. The van der Waals surface area contributed by atoms with Crippen molar-refractivity contribution in [3.63, 3.8) is 0 Å². The Morgan fingerprint density at radius 3 is 3.05 bits per heavy atom. The van der Waals surface area contributed by atoms with E-state index in [0.717, 1.165) is 30.7 Å². The Bertz CT molecular complexity index is 604. The molecule has 0 radical (unpaired) electrons. The molecule has 1 aliphatic rings. The minimum absolute atomic E-state index is 0.0887. The Labute approximate surface area is 130 Å². The Morgan fingerprint density at radius 2 is 2.27 bits per heavy atom. The van der Waals surface area contributed by atoms with Crippen LogP contribution in [0.2, 0.25) is 0 Å². The van der Waals surface area contributed by atoms with E-state index < -0.39 is 0 Å². The Balaban J connectivity index is 1.58. The first-order valence-corrected chi connectivity index (χ1v) is 7.75. The SMILES string of the molecule is O=C(CC1CCCOC1)NCc1ccccc1-n1cccn1. The third kappa shape index (κ3) is 3.74. The molecule has 1 atom stereocenters. The van der Waals surface area contributed by atoms with Crippen LogP contribution in [0.3, 0.4) is 0 Å². The van der Waals surface area contributed by atoms with Gasteiger partial charge in [0, 0.05) is 38.6 Å². The minimum Gasteiger partial charge on any atom is -0.381 e. The van der Waals surface area contributed by atoms with E-state index in [0.29, 0.717) is 25.5 Å². The number of ether oxygens (including phenoxy) is 1. The summed E-state index contributed by atoms with van der Waals surface area (Å²) in [7, 11) is 0. The van der Waals surface area contributed by atoms with Gasteiger partial charge in [-0.1, -0.05) is 18.2 Å². The highest BCUT2D eigenvalue weighted by Gasteiger charge is 2.17. The molecule has 5 nitrogen and oxygen atoms in total. The van der Waals surface area contributed by atoms with Crippen LogP contribution >= 0.6 is 0 Å². The van der Waals surface area contributed by atoms with E-state index in [2.05, 4.69) is 10.4 Å². The zero-order valence-corrected chi connectivity index (χ0v) is 12.6. The van der Waals surface area contributed by atoms with Gasteiger partial charge >= 0.3 is 0 Å². The van der Waals surface area contributed by atoms with Crippen molar-refractivity contribution in [3.8, 4) is 5.69 Å². The fraction of sp³-hybridized carbons (Fsp3) is 0.412. The molecular formula is C17H21N3O2. The summed E-state index contributed by atoms with van der Waals surface area (Å²) in [5, 5.41) is 7.27. The molecule has 116 valence electrons. The van der Waals surface area contributed by atoms with E-state index in [-0.39, 0.29) is 5.91 Å². The summed E-state index contributed by atoms with van der Waals surface area (Å²) in [6, 6.07) is 9.86. The van der Waals surface area contributed by atoms with Gasteiger partial charge in [-0.05, 0) is 36.5 Å². The minimum atomic E-state index is 0.0887. The third-order valence-corrected chi connectivity index (χ3v) is 3.95. The fourth-order valence-corrected chi connectivity index (χ4v) is 2.79. The van der Waals surface area contributed by atoms with E-state index in [9.17, 15) is 4.79 Å². The third-order valence-electron chi connectivity index (χ3n) is 3.95. The number of hydrogen-bond donors (Lipinski definition) is 1. The van der Waals surface area contributed by atoms with E-state index in [1.807, 2.05) is 41.2 Å². The smallest absolute Gasteiger partial charge is 0.220 e. The lowest BCUT2D eigenvalue weighted by molar-refractivity contribution is -0.123.